The molecular formula is C16H11N3O2. The summed E-state index contributed by atoms with van der Waals surface area (Å²) in [5.74, 6) is -0.876. The van der Waals surface area contributed by atoms with E-state index < -0.39 is 5.92 Å². The Bertz CT molecular complexity index is 930. The third kappa shape index (κ3) is 1.74. The number of rotatable bonds is 1. The number of nitrogens with zero attached hydrogens (tertiary/aromatic N) is 1. The molecule has 0 spiro atoms. The van der Waals surface area contributed by atoms with E-state index in [9.17, 15) is 9.59 Å². The molecule has 1 amide bonds. The van der Waals surface area contributed by atoms with Crippen LogP contribution in [0.5, 0.6) is 0 Å². The summed E-state index contributed by atoms with van der Waals surface area (Å²) in [5, 5.41) is 2.79. The standard InChI is InChI=1S/C16H11N3O2/c20-15-13(9-5-1-2-6-10(9)18-15)14-16(21)19-12-8-4-3-7-11(12)17-14/h1-8,13H,(H,18,20)(H,19,21)/t13-/m0/s1. The lowest BCUT2D eigenvalue weighted by Crippen LogP contribution is -2.24. The number of H-pyrrole nitrogens is 1. The maximum Gasteiger partial charge on any atom is 0.271 e. The minimum absolute atomic E-state index is 0.218. The van der Waals surface area contributed by atoms with Crippen LogP contribution in [0.3, 0.4) is 0 Å². The molecular weight excluding hydrogens is 266 g/mol. The predicted octanol–water partition coefficient (Wildman–Crippen LogP) is 2.01. The molecule has 1 aliphatic heterocycles. The molecule has 2 heterocycles. The molecule has 4 rings (SSSR count). The molecule has 1 aliphatic rings. The van der Waals surface area contributed by atoms with E-state index in [1.165, 1.54) is 0 Å². The van der Waals surface area contributed by atoms with Crippen molar-refractivity contribution in [1.82, 2.24) is 9.97 Å². The molecule has 3 aromatic rings. The SMILES string of the molecule is O=C1Nc2ccccc2[C@H]1c1nc2ccccc2[nH]c1=O. The second kappa shape index (κ2) is 4.28. The Balaban J connectivity index is 1.96. The minimum atomic E-state index is -0.658. The van der Waals surface area contributed by atoms with Gasteiger partial charge in [0, 0.05) is 5.69 Å². The highest BCUT2D eigenvalue weighted by atomic mass is 16.2. The number of benzene rings is 2. The van der Waals surface area contributed by atoms with Crippen LogP contribution in [0, 0.1) is 0 Å². The van der Waals surface area contributed by atoms with Crippen LogP contribution in [-0.2, 0) is 4.79 Å². The number of nitrogens with one attached hydrogen (secondary N) is 2. The van der Waals surface area contributed by atoms with Crippen LogP contribution in [0.1, 0.15) is 17.2 Å². The summed E-state index contributed by atoms with van der Waals surface area (Å²) in [6, 6.07) is 14.6. The maximum absolute atomic E-state index is 12.3. The van der Waals surface area contributed by atoms with E-state index in [4.69, 9.17) is 0 Å². The number of aromatic amines is 1. The summed E-state index contributed by atoms with van der Waals surface area (Å²) in [6.07, 6.45) is 0. The van der Waals surface area contributed by atoms with E-state index in [0.29, 0.717) is 11.0 Å². The number of aromatic nitrogens is 2. The Morgan fingerprint density at radius 1 is 0.952 bits per heavy atom. The number of hydrogen-bond acceptors (Lipinski definition) is 3. The van der Waals surface area contributed by atoms with Gasteiger partial charge in [0.05, 0.1) is 11.0 Å². The molecule has 0 saturated heterocycles. The monoisotopic (exact) mass is 277 g/mol. The molecule has 2 N–H and O–H groups in total. The molecule has 5 heteroatoms. The van der Waals surface area contributed by atoms with E-state index in [1.54, 1.807) is 6.07 Å². The van der Waals surface area contributed by atoms with E-state index in [1.807, 2.05) is 42.5 Å². The van der Waals surface area contributed by atoms with Gasteiger partial charge in [-0.1, -0.05) is 30.3 Å². The van der Waals surface area contributed by atoms with Gasteiger partial charge >= 0.3 is 0 Å². The smallest absolute Gasteiger partial charge is 0.271 e. The lowest BCUT2D eigenvalue weighted by Gasteiger charge is -2.08. The predicted molar refractivity (Wildman–Crippen MR) is 79.3 cm³/mol. The molecule has 5 nitrogen and oxygen atoms in total. The van der Waals surface area contributed by atoms with Gasteiger partial charge in [-0.3, -0.25) is 9.59 Å². The van der Waals surface area contributed by atoms with E-state index in [0.717, 1.165) is 11.3 Å². The van der Waals surface area contributed by atoms with E-state index in [-0.39, 0.29) is 17.2 Å². The summed E-state index contributed by atoms with van der Waals surface area (Å²) in [6.45, 7) is 0. The summed E-state index contributed by atoms with van der Waals surface area (Å²) in [5.41, 5.74) is 2.77. The molecule has 2 aromatic carbocycles. The molecule has 0 radical (unpaired) electrons. The van der Waals surface area contributed by atoms with Gasteiger partial charge in [-0.2, -0.15) is 0 Å². The van der Waals surface area contributed by atoms with Crippen molar-refractivity contribution in [2.24, 2.45) is 0 Å². The number of anilines is 1. The normalized spacial score (nSPS) is 16.8. The Kier molecular flexibility index (Phi) is 2.41. The van der Waals surface area contributed by atoms with Gasteiger partial charge in [-0.05, 0) is 23.8 Å². The number of carbonyl (C=O) groups excluding carboxylic acids is 1. The van der Waals surface area contributed by atoms with E-state index in [2.05, 4.69) is 15.3 Å². The first kappa shape index (κ1) is 11.8. The highest BCUT2D eigenvalue weighted by molar-refractivity contribution is 6.04. The third-order valence-electron chi connectivity index (χ3n) is 3.69. The lowest BCUT2D eigenvalue weighted by atomic mass is 9.97. The van der Waals surface area contributed by atoms with Gasteiger partial charge in [0.15, 0.2) is 0 Å². The second-order valence-electron chi connectivity index (χ2n) is 4.98. The molecule has 0 bridgehead atoms. The summed E-state index contributed by atoms with van der Waals surface area (Å²) >= 11 is 0. The first-order valence-electron chi connectivity index (χ1n) is 6.63. The highest BCUT2D eigenvalue weighted by Gasteiger charge is 2.34. The Morgan fingerprint density at radius 3 is 2.62 bits per heavy atom. The fraction of sp³-hybridized carbons (Fsp3) is 0.0625. The number of hydrogen-bond donors (Lipinski definition) is 2. The van der Waals surface area contributed by atoms with Crippen molar-refractivity contribution in [3.05, 3.63) is 70.1 Å². The fourth-order valence-electron chi connectivity index (χ4n) is 2.72. The molecule has 0 fully saturated rings. The number of fused-ring (bicyclic) bond motifs is 2. The molecule has 1 atom stereocenters. The molecule has 1 aromatic heterocycles. The number of para-hydroxylation sites is 3. The zero-order chi connectivity index (χ0) is 14.4. The Hall–Kier alpha value is -2.95. The van der Waals surface area contributed by atoms with Gasteiger partial charge in [-0.25, -0.2) is 4.98 Å². The minimum Gasteiger partial charge on any atom is -0.325 e. The first-order valence-corrected chi connectivity index (χ1v) is 6.63. The van der Waals surface area contributed by atoms with Crippen LogP contribution in [0.4, 0.5) is 5.69 Å². The maximum atomic E-state index is 12.3. The number of amides is 1. The van der Waals surface area contributed by atoms with Gasteiger partial charge in [0.25, 0.3) is 5.56 Å². The summed E-state index contributed by atoms with van der Waals surface area (Å²) < 4.78 is 0. The average Bonchev–Trinajstić information content (AvgIpc) is 2.82. The van der Waals surface area contributed by atoms with Crippen LogP contribution >= 0.6 is 0 Å². The van der Waals surface area contributed by atoms with Crippen LogP contribution in [0.25, 0.3) is 11.0 Å². The zero-order valence-electron chi connectivity index (χ0n) is 11.0. The fourth-order valence-corrected chi connectivity index (χ4v) is 2.72. The van der Waals surface area contributed by atoms with Crippen molar-refractivity contribution in [1.29, 1.82) is 0 Å². The van der Waals surface area contributed by atoms with Crippen molar-refractivity contribution >= 4 is 22.6 Å². The van der Waals surface area contributed by atoms with Crippen LogP contribution in [0.2, 0.25) is 0 Å². The van der Waals surface area contributed by atoms with Crippen LogP contribution in [-0.4, -0.2) is 15.9 Å². The van der Waals surface area contributed by atoms with Gasteiger partial charge < -0.3 is 10.3 Å². The zero-order valence-corrected chi connectivity index (χ0v) is 11.0. The Morgan fingerprint density at radius 2 is 1.71 bits per heavy atom. The first-order chi connectivity index (χ1) is 10.2. The van der Waals surface area contributed by atoms with Gasteiger partial charge in [0.1, 0.15) is 11.6 Å². The van der Waals surface area contributed by atoms with Crippen molar-refractivity contribution < 1.29 is 4.79 Å². The molecule has 21 heavy (non-hydrogen) atoms. The molecule has 0 aliphatic carbocycles. The topological polar surface area (TPSA) is 74.8 Å². The molecule has 0 saturated carbocycles. The van der Waals surface area contributed by atoms with Crippen molar-refractivity contribution in [3.63, 3.8) is 0 Å². The van der Waals surface area contributed by atoms with Gasteiger partial charge in [0.2, 0.25) is 5.91 Å². The quantitative estimate of drug-likeness (QED) is 0.714. The van der Waals surface area contributed by atoms with Crippen molar-refractivity contribution in [2.45, 2.75) is 5.92 Å². The van der Waals surface area contributed by atoms with Crippen LogP contribution < -0.4 is 10.9 Å². The van der Waals surface area contributed by atoms with Crippen molar-refractivity contribution in [3.8, 4) is 0 Å². The van der Waals surface area contributed by atoms with Crippen LogP contribution in [0.15, 0.2) is 53.3 Å². The molecule has 102 valence electrons. The highest BCUT2D eigenvalue weighted by Crippen LogP contribution is 2.35. The summed E-state index contributed by atoms with van der Waals surface area (Å²) in [7, 11) is 0. The second-order valence-corrected chi connectivity index (χ2v) is 4.98. The average molecular weight is 277 g/mol. The Labute approximate surface area is 119 Å². The third-order valence-corrected chi connectivity index (χ3v) is 3.69. The number of carbonyl (C=O) groups is 1. The van der Waals surface area contributed by atoms with Crippen molar-refractivity contribution in [2.75, 3.05) is 5.32 Å². The van der Waals surface area contributed by atoms with E-state index >= 15 is 0 Å². The molecule has 0 unspecified atom stereocenters. The summed E-state index contributed by atoms with van der Waals surface area (Å²) in [4.78, 5) is 31.7. The largest absolute Gasteiger partial charge is 0.325 e. The lowest BCUT2D eigenvalue weighted by molar-refractivity contribution is -0.116. The van der Waals surface area contributed by atoms with Gasteiger partial charge in [-0.15, -0.1) is 0 Å².